The van der Waals surface area contributed by atoms with Crippen LogP contribution in [-0.2, 0) is 26.2 Å². The average molecular weight is 646 g/mol. The number of fused-ring (bicyclic) bond motifs is 1. The zero-order valence-electron chi connectivity index (χ0n) is 25.4. The first kappa shape index (κ1) is 31.6. The van der Waals surface area contributed by atoms with Crippen molar-refractivity contribution in [2.75, 3.05) is 13.1 Å². The van der Waals surface area contributed by atoms with Gasteiger partial charge in [0.25, 0.3) is 0 Å². The van der Waals surface area contributed by atoms with E-state index in [0.29, 0.717) is 56.9 Å². The molecule has 0 amide bonds. The zero-order valence-corrected chi connectivity index (χ0v) is 25.4. The highest BCUT2D eigenvalue weighted by Gasteiger charge is 2.25. The predicted octanol–water partition coefficient (Wildman–Crippen LogP) is 5.31. The number of aromatic nitrogens is 5. The van der Waals surface area contributed by atoms with Crippen molar-refractivity contribution in [3.63, 3.8) is 0 Å². The smallest absolute Gasteiger partial charge is 0.335 e. The van der Waals surface area contributed by atoms with Crippen LogP contribution in [0.3, 0.4) is 0 Å². The minimum atomic E-state index is -1.23. The normalized spacial score (nSPS) is 13.9. The first-order valence-corrected chi connectivity index (χ1v) is 15.0. The second-order valence-corrected chi connectivity index (χ2v) is 11.1. The molecule has 1 aliphatic rings. The lowest BCUT2D eigenvalue weighted by molar-refractivity contribution is 0.0696. The Morgan fingerprint density at radius 3 is 2.57 bits per heavy atom. The molecule has 0 unspecified atom stereocenters. The average Bonchev–Trinajstić information content (AvgIpc) is 3.67. The van der Waals surface area contributed by atoms with Gasteiger partial charge in [0.1, 0.15) is 35.6 Å². The maximum Gasteiger partial charge on any atom is 0.335 e. The van der Waals surface area contributed by atoms with Crippen LogP contribution in [0, 0.1) is 28.8 Å². The van der Waals surface area contributed by atoms with Crippen molar-refractivity contribution in [2.24, 2.45) is 0 Å². The van der Waals surface area contributed by atoms with E-state index in [-0.39, 0.29) is 46.7 Å². The zero-order chi connectivity index (χ0) is 33.1. The predicted molar refractivity (Wildman–Crippen MR) is 162 cm³/mol. The molecule has 4 heterocycles. The number of rotatable bonds is 11. The fourth-order valence-electron chi connectivity index (χ4n) is 5.60. The van der Waals surface area contributed by atoms with Crippen LogP contribution >= 0.6 is 0 Å². The van der Waals surface area contributed by atoms with Crippen molar-refractivity contribution in [1.82, 2.24) is 29.0 Å². The van der Waals surface area contributed by atoms with E-state index in [1.807, 2.05) is 22.1 Å². The summed E-state index contributed by atoms with van der Waals surface area (Å²) >= 11 is 0. The Bertz CT molecular complexity index is 1980. The summed E-state index contributed by atoms with van der Waals surface area (Å²) in [4.78, 5) is 26.9. The molecule has 14 heteroatoms. The largest absolute Gasteiger partial charge is 0.484 e. The third-order valence-electron chi connectivity index (χ3n) is 8.10. The number of hydrogen-bond acceptors (Lipinski definition) is 8. The van der Waals surface area contributed by atoms with Gasteiger partial charge >= 0.3 is 5.97 Å². The van der Waals surface area contributed by atoms with Gasteiger partial charge < -0.3 is 23.7 Å². The van der Waals surface area contributed by atoms with E-state index in [4.69, 9.17) is 14.7 Å². The van der Waals surface area contributed by atoms with E-state index in [1.165, 1.54) is 30.3 Å². The standard InChI is InChI=1S/C33H30F3N7O4/c1-2-42-19-38-15-22(42)16-43-28-13-21(33(44)45)12-26(36)32(28)40-30(43)17-41-9-7-23(8-10-41)47-31-6-4-24(34)27(39-31)18-46-29-5-3-20(14-37)11-25(29)35/h3-6,11-13,15,19,23H,2,7-10,16-18H2,1H3,(H,44,45). The molecule has 0 atom stereocenters. The summed E-state index contributed by atoms with van der Waals surface area (Å²) in [5, 5.41) is 18.4. The number of nitrogens with zero attached hydrogens (tertiary/aromatic N) is 7. The van der Waals surface area contributed by atoms with Gasteiger partial charge in [-0.3, -0.25) is 4.90 Å². The van der Waals surface area contributed by atoms with Crippen molar-refractivity contribution >= 4 is 17.0 Å². The molecule has 2 aromatic carbocycles. The molecule has 5 aromatic rings. The molecule has 11 nitrogen and oxygen atoms in total. The van der Waals surface area contributed by atoms with Crippen molar-refractivity contribution in [3.8, 4) is 17.7 Å². The Morgan fingerprint density at radius 2 is 1.85 bits per heavy atom. The lowest BCUT2D eigenvalue weighted by Gasteiger charge is -2.31. The molecule has 1 N–H and O–H groups in total. The van der Waals surface area contributed by atoms with Crippen LogP contribution in [0.5, 0.6) is 11.6 Å². The Morgan fingerprint density at radius 1 is 1.04 bits per heavy atom. The molecule has 0 aliphatic carbocycles. The maximum atomic E-state index is 15.0. The molecule has 1 fully saturated rings. The highest BCUT2D eigenvalue weighted by atomic mass is 19.1. The number of aromatic carboxylic acids is 1. The summed E-state index contributed by atoms with van der Waals surface area (Å²) in [6, 6.07) is 10.7. The highest BCUT2D eigenvalue weighted by Crippen LogP contribution is 2.26. The minimum absolute atomic E-state index is 0.0506. The Kier molecular flexibility index (Phi) is 9.08. The third-order valence-corrected chi connectivity index (χ3v) is 8.10. The summed E-state index contributed by atoms with van der Waals surface area (Å²) in [6.45, 7) is 4.32. The lowest BCUT2D eigenvalue weighted by Crippen LogP contribution is -2.38. The molecule has 0 radical (unpaired) electrons. The molecular formula is C33H30F3N7O4. The number of halogens is 3. The van der Waals surface area contributed by atoms with Gasteiger partial charge in [-0.25, -0.2) is 32.9 Å². The fourth-order valence-corrected chi connectivity index (χ4v) is 5.60. The Labute approximate surface area is 267 Å². The number of hydrogen-bond donors (Lipinski definition) is 1. The van der Waals surface area contributed by atoms with Crippen LogP contribution in [0.1, 0.15) is 52.9 Å². The van der Waals surface area contributed by atoms with Crippen LogP contribution in [-0.4, -0.2) is 59.3 Å². The number of carbonyl (C=O) groups is 1. The van der Waals surface area contributed by atoms with Gasteiger partial charge in [0.2, 0.25) is 5.88 Å². The van der Waals surface area contributed by atoms with Crippen LogP contribution in [0.4, 0.5) is 13.2 Å². The molecular weight excluding hydrogens is 615 g/mol. The van der Waals surface area contributed by atoms with Crippen LogP contribution in [0.2, 0.25) is 0 Å². The highest BCUT2D eigenvalue weighted by molar-refractivity contribution is 5.92. The van der Waals surface area contributed by atoms with Gasteiger partial charge in [-0.05, 0) is 56.2 Å². The maximum absolute atomic E-state index is 15.0. The van der Waals surface area contributed by atoms with Crippen LogP contribution in [0.25, 0.3) is 11.0 Å². The van der Waals surface area contributed by atoms with E-state index in [0.717, 1.165) is 17.8 Å². The molecule has 6 rings (SSSR count). The summed E-state index contributed by atoms with van der Waals surface area (Å²) in [7, 11) is 0. The number of likely N-dealkylation sites (tertiary alicyclic amines) is 1. The third kappa shape index (κ3) is 6.90. The Hall–Kier alpha value is -5.42. The molecule has 1 saturated heterocycles. The second kappa shape index (κ2) is 13.5. The van der Waals surface area contributed by atoms with E-state index in [1.54, 1.807) is 12.5 Å². The molecule has 0 bridgehead atoms. The number of nitriles is 1. The number of benzene rings is 2. The quantitative estimate of drug-likeness (QED) is 0.203. The van der Waals surface area contributed by atoms with Gasteiger partial charge in [-0.1, -0.05) is 0 Å². The second-order valence-electron chi connectivity index (χ2n) is 11.1. The monoisotopic (exact) mass is 645 g/mol. The molecule has 0 saturated carbocycles. The summed E-state index contributed by atoms with van der Waals surface area (Å²) < 4.78 is 59.0. The van der Waals surface area contributed by atoms with Crippen molar-refractivity contribution in [3.05, 3.63) is 101 Å². The van der Waals surface area contributed by atoms with Gasteiger partial charge in [0.05, 0.1) is 47.8 Å². The first-order chi connectivity index (χ1) is 22.7. The van der Waals surface area contributed by atoms with Crippen molar-refractivity contribution < 1.29 is 32.5 Å². The van der Waals surface area contributed by atoms with E-state index < -0.39 is 23.4 Å². The van der Waals surface area contributed by atoms with Gasteiger partial charge in [-0.2, -0.15) is 5.26 Å². The number of pyridine rings is 1. The summed E-state index contributed by atoms with van der Waals surface area (Å²) in [6.07, 6.45) is 4.49. The number of carboxylic acids is 1. The van der Waals surface area contributed by atoms with Gasteiger partial charge in [0, 0.05) is 31.9 Å². The summed E-state index contributed by atoms with van der Waals surface area (Å²) in [5.41, 5.74) is 1.31. The molecule has 242 valence electrons. The van der Waals surface area contributed by atoms with Crippen LogP contribution in [0.15, 0.2) is 55.0 Å². The fraction of sp³-hybridized carbons (Fsp3) is 0.303. The lowest BCUT2D eigenvalue weighted by atomic mass is 10.1. The number of aryl methyl sites for hydroxylation is 1. The first-order valence-electron chi connectivity index (χ1n) is 15.0. The topological polar surface area (TPSA) is 131 Å². The SMILES string of the molecule is CCn1cncc1Cn1c(CN2CCC(Oc3ccc(F)c(COc4ccc(C#N)cc4F)n3)CC2)nc2c(F)cc(C(=O)O)cc21. The van der Waals surface area contributed by atoms with Crippen LogP contribution < -0.4 is 9.47 Å². The minimum Gasteiger partial charge on any atom is -0.484 e. The molecule has 3 aromatic heterocycles. The van der Waals surface area contributed by atoms with Crippen molar-refractivity contribution in [1.29, 1.82) is 5.26 Å². The number of carboxylic acid groups (broad SMARTS) is 1. The molecule has 47 heavy (non-hydrogen) atoms. The van der Waals surface area contributed by atoms with Crippen molar-refractivity contribution in [2.45, 2.75) is 52.1 Å². The Balaban J connectivity index is 1.13. The number of piperidine rings is 1. The van der Waals surface area contributed by atoms with E-state index in [2.05, 4.69) is 19.9 Å². The van der Waals surface area contributed by atoms with Gasteiger partial charge in [-0.15, -0.1) is 0 Å². The van der Waals surface area contributed by atoms with E-state index in [9.17, 15) is 18.7 Å². The van der Waals surface area contributed by atoms with E-state index >= 15 is 4.39 Å². The molecule has 0 spiro atoms. The molecule has 1 aliphatic heterocycles. The number of ether oxygens (including phenoxy) is 2. The van der Waals surface area contributed by atoms with Gasteiger partial charge in [0.15, 0.2) is 17.4 Å². The number of imidazole rings is 2. The summed E-state index contributed by atoms with van der Waals surface area (Å²) in [5.74, 6) is -2.61.